The molecule has 0 N–H and O–H groups in total. The van der Waals surface area contributed by atoms with Gasteiger partial charge in [-0.3, -0.25) is 15.1 Å². The average Bonchev–Trinajstić information content (AvgIpc) is 2.54. The zero-order valence-corrected chi connectivity index (χ0v) is 11.9. The largest absolute Gasteiger partial charge is 0.448 e. The van der Waals surface area contributed by atoms with Crippen molar-refractivity contribution in [2.24, 2.45) is 0 Å². The third kappa shape index (κ3) is 2.98. The summed E-state index contributed by atoms with van der Waals surface area (Å²) in [6.45, 7) is 0. The summed E-state index contributed by atoms with van der Waals surface area (Å²) in [6, 6.07) is 10.6. The van der Waals surface area contributed by atoms with E-state index in [4.69, 9.17) is 4.74 Å². The molecule has 24 heavy (non-hydrogen) atoms. The van der Waals surface area contributed by atoms with E-state index >= 15 is 0 Å². The van der Waals surface area contributed by atoms with E-state index in [0.29, 0.717) is 11.6 Å². The molecule has 0 aliphatic rings. The maximum atomic E-state index is 12.7. The molecule has 1 aromatic heterocycles. The number of hydrogen-bond donors (Lipinski definition) is 0. The van der Waals surface area contributed by atoms with Crippen LogP contribution in [0.3, 0.4) is 0 Å². The van der Waals surface area contributed by atoms with Crippen LogP contribution in [0.4, 0.5) is 18.9 Å². The molecule has 2 aromatic carbocycles. The van der Waals surface area contributed by atoms with E-state index in [2.05, 4.69) is 4.98 Å². The third-order valence-electron chi connectivity index (χ3n) is 3.30. The Balaban J connectivity index is 2.08. The van der Waals surface area contributed by atoms with Crippen molar-refractivity contribution in [3.63, 3.8) is 0 Å². The summed E-state index contributed by atoms with van der Waals surface area (Å²) in [5.41, 5.74) is -1.43. The topological polar surface area (TPSA) is 65.3 Å². The summed E-state index contributed by atoms with van der Waals surface area (Å²) < 4.78 is 43.7. The van der Waals surface area contributed by atoms with Gasteiger partial charge in [0.05, 0.1) is 10.5 Å². The second-order valence-corrected chi connectivity index (χ2v) is 4.87. The van der Waals surface area contributed by atoms with Gasteiger partial charge in [-0.2, -0.15) is 13.2 Å². The van der Waals surface area contributed by atoms with Crippen LogP contribution >= 0.6 is 0 Å². The lowest BCUT2D eigenvalue weighted by Gasteiger charge is -2.11. The Kier molecular flexibility index (Phi) is 3.80. The monoisotopic (exact) mass is 334 g/mol. The van der Waals surface area contributed by atoms with E-state index in [1.54, 1.807) is 24.3 Å². The van der Waals surface area contributed by atoms with Crippen molar-refractivity contribution in [2.45, 2.75) is 6.18 Å². The number of hydrogen-bond acceptors (Lipinski definition) is 4. The number of rotatable bonds is 3. The lowest BCUT2D eigenvalue weighted by atomic mass is 10.1. The van der Waals surface area contributed by atoms with Crippen LogP contribution in [0.2, 0.25) is 0 Å². The Morgan fingerprint density at radius 3 is 2.50 bits per heavy atom. The molecule has 0 amide bonds. The maximum Gasteiger partial charge on any atom is 0.416 e. The molecule has 0 bridgehead atoms. The van der Waals surface area contributed by atoms with Gasteiger partial charge >= 0.3 is 11.9 Å². The maximum absolute atomic E-state index is 12.7. The minimum Gasteiger partial charge on any atom is -0.448 e. The summed E-state index contributed by atoms with van der Waals surface area (Å²) in [6.07, 6.45) is -3.15. The highest BCUT2D eigenvalue weighted by Gasteiger charge is 2.33. The number of pyridine rings is 1. The molecule has 0 fully saturated rings. The van der Waals surface area contributed by atoms with Gasteiger partial charge in [-0.25, -0.2) is 0 Å². The van der Waals surface area contributed by atoms with Crippen LogP contribution in [0, 0.1) is 10.1 Å². The van der Waals surface area contributed by atoms with E-state index in [1.165, 1.54) is 12.3 Å². The molecule has 3 aromatic rings. The molecule has 0 saturated carbocycles. The number of halogens is 3. The van der Waals surface area contributed by atoms with Crippen molar-refractivity contribution in [1.29, 1.82) is 0 Å². The number of benzene rings is 2. The fraction of sp³-hybridized carbons (Fsp3) is 0.0625. The minimum atomic E-state index is -4.68. The van der Waals surface area contributed by atoms with Crippen molar-refractivity contribution in [1.82, 2.24) is 4.98 Å². The molecule has 5 nitrogen and oxygen atoms in total. The summed E-state index contributed by atoms with van der Waals surface area (Å²) in [4.78, 5) is 14.3. The van der Waals surface area contributed by atoms with Crippen LogP contribution in [0.25, 0.3) is 10.9 Å². The molecule has 0 unspecified atom stereocenters. The molecule has 0 radical (unpaired) electrons. The summed E-state index contributed by atoms with van der Waals surface area (Å²) in [7, 11) is 0. The molecule has 3 rings (SSSR count). The molecule has 0 aliphatic heterocycles. The third-order valence-corrected chi connectivity index (χ3v) is 3.30. The zero-order valence-electron chi connectivity index (χ0n) is 11.9. The van der Waals surface area contributed by atoms with E-state index in [-0.39, 0.29) is 11.5 Å². The van der Waals surface area contributed by atoms with Crippen LogP contribution in [0.5, 0.6) is 11.5 Å². The van der Waals surface area contributed by atoms with Gasteiger partial charge in [0.25, 0.3) is 0 Å². The first kappa shape index (κ1) is 15.7. The van der Waals surface area contributed by atoms with Crippen LogP contribution in [-0.2, 0) is 6.18 Å². The number of ether oxygens (including phenoxy) is 1. The molecule has 0 aliphatic carbocycles. The molecular formula is C16H9F3N2O3. The standard InChI is InChI=1S/C16H9F3N2O3/c17-16(18,19)11-6-7-13(12(9-11)21(22)23)24-14-5-1-3-10-4-2-8-20-15(10)14/h1-9H. The van der Waals surface area contributed by atoms with Gasteiger partial charge in [0.15, 0.2) is 5.75 Å². The van der Waals surface area contributed by atoms with E-state index < -0.39 is 22.4 Å². The summed E-state index contributed by atoms with van der Waals surface area (Å²) in [5, 5.41) is 11.8. The Bertz CT molecular complexity index is 921. The predicted molar refractivity (Wildman–Crippen MR) is 79.9 cm³/mol. The highest BCUT2D eigenvalue weighted by atomic mass is 19.4. The molecule has 8 heteroatoms. The number of nitro groups is 1. The second-order valence-electron chi connectivity index (χ2n) is 4.87. The van der Waals surface area contributed by atoms with Crippen molar-refractivity contribution < 1.29 is 22.8 Å². The number of nitrogens with zero attached hydrogens (tertiary/aromatic N) is 2. The number of para-hydroxylation sites is 1. The number of aromatic nitrogens is 1. The van der Waals surface area contributed by atoms with Crippen molar-refractivity contribution in [2.75, 3.05) is 0 Å². The first-order chi connectivity index (χ1) is 11.4. The predicted octanol–water partition coefficient (Wildman–Crippen LogP) is 4.95. The van der Waals surface area contributed by atoms with Gasteiger partial charge in [-0.1, -0.05) is 18.2 Å². The fourth-order valence-electron chi connectivity index (χ4n) is 2.20. The van der Waals surface area contributed by atoms with Crippen LogP contribution in [-0.4, -0.2) is 9.91 Å². The first-order valence-corrected chi connectivity index (χ1v) is 6.73. The van der Waals surface area contributed by atoms with Gasteiger partial charge in [0.2, 0.25) is 5.75 Å². The van der Waals surface area contributed by atoms with Crippen molar-refractivity contribution in [3.05, 3.63) is 70.4 Å². The van der Waals surface area contributed by atoms with Crippen molar-refractivity contribution >= 4 is 16.6 Å². The summed E-state index contributed by atoms with van der Waals surface area (Å²) in [5.74, 6) is -0.0675. The van der Waals surface area contributed by atoms with Gasteiger partial charge < -0.3 is 4.74 Å². The SMILES string of the molecule is O=[N+]([O-])c1cc(C(F)(F)F)ccc1Oc1cccc2cccnc12. The Labute approximate surface area is 133 Å². The van der Waals surface area contributed by atoms with E-state index in [9.17, 15) is 23.3 Å². The first-order valence-electron chi connectivity index (χ1n) is 6.73. The highest BCUT2D eigenvalue weighted by molar-refractivity contribution is 5.84. The smallest absolute Gasteiger partial charge is 0.416 e. The van der Waals surface area contributed by atoms with Crippen LogP contribution in [0.15, 0.2) is 54.7 Å². The van der Waals surface area contributed by atoms with Crippen LogP contribution < -0.4 is 4.74 Å². The number of fused-ring (bicyclic) bond motifs is 1. The zero-order chi connectivity index (χ0) is 17.3. The Hall–Kier alpha value is -3.16. The van der Waals surface area contributed by atoms with E-state index in [0.717, 1.165) is 17.5 Å². The lowest BCUT2D eigenvalue weighted by molar-refractivity contribution is -0.385. The van der Waals surface area contributed by atoms with Gasteiger partial charge in [-0.05, 0) is 24.3 Å². The van der Waals surface area contributed by atoms with Gasteiger partial charge in [0, 0.05) is 17.6 Å². The second kappa shape index (κ2) is 5.80. The molecule has 122 valence electrons. The lowest BCUT2D eigenvalue weighted by Crippen LogP contribution is -2.06. The summed E-state index contributed by atoms with van der Waals surface area (Å²) >= 11 is 0. The van der Waals surface area contributed by atoms with Crippen molar-refractivity contribution in [3.8, 4) is 11.5 Å². The van der Waals surface area contributed by atoms with Gasteiger partial charge in [-0.15, -0.1) is 0 Å². The van der Waals surface area contributed by atoms with Crippen LogP contribution in [0.1, 0.15) is 5.56 Å². The highest BCUT2D eigenvalue weighted by Crippen LogP contribution is 2.38. The quantitative estimate of drug-likeness (QED) is 0.502. The molecule has 1 heterocycles. The number of alkyl halides is 3. The fourth-order valence-corrected chi connectivity index (χ4v) is 2.20. The number of nitro benzene ring substituents is 1. The normalized spacial score (nSPS) is 11.5. The van der Waals surface area contributed by atoms with Gasteiger partial charge in [0.1, 0.15) is 5.52 Å². The Morgan fingerprint density at radius 1 is 1.04 bits per heavy atom. The Morgan fingerprint density at radius 2 is 1.79 bits per heavy atom. The minimum absolute atomic E-state index is 0.218. The van der Waals surface area contributed by atoms with E-state index in [1.807, 2.05) is 0 Å². The molecule has 0 atom stereocenters. The molecular weight excluding hydrogens is 325 g/mol. The molecule has 0 saturated heterocycles. The average molecular weight is 334 g/mol. The molecule has 0 spiro atoms.